The van der Waals surface area contributed by atoms with E-state index in [0.717, 1.165) is 19.7 Å². The summed E-state index contributed by atoms with van der Waals surface area (Å²) in [4.78, 5) is 0. The second kappa shape index (κ2) is 6.58. The number of hydrogen-bond donors (Lipinski definition) is 2. The topological polar surface area (TPSA) is 47.3 Å². The van der Waals surface area contributed by atoms with Crippen molar-refractivity contribution in [3.05, 3.63) is 0 Å². The summed E-state index contributed by atoms with van der Waals surface area (Å²) in [5.41, 5.74) is 5.80. The minimum Gasteiger partial charge on any atom is -0.383 e. The molecule has 0 aliphatic carbocycles. The van der Waals surface area contributed by atoms with Crippen molar-refractivity contribution < 1.29 is 4.74 Å². The Hall–Kier alpha value is -0.120. The van der Waals surface area contributed by atoms with Gasteiger partial charge in [-0.1, -0.05) is 13.8 Å². The van der Waals surface area contributed by atoms with E-state index in [4.69, 9.17) is 10.5 Å². The van der Waals surface area contributed by atoms with Crippen LogP contribution in [0.5, 0.6) is 0 Å². The molecule has 0 aliphatic rings. The largest absolute Gasteiger partial charge is 0.383 e. The van der Waals surface area contributed by atoms with Crippen LogP contribution in [0, 0.1) is 5.92 Å². The van der Waals surface area contributed by atoms with Crippen molar-refractivity contribution in [1.29, 1.82) is 0 Å². The molecule has 0 saturated heterocycles. The molecule has 1 unspecified atom stereocenters. The van der Waals surface area contributed by atoms with Gasteiger partial charge < -0.3 is 15.8 Å². The molecule has 1 atom stereocenters. The summed E-state index contributed by atoms with van der Waals surface area (Å²) in [6.45, 7) is 6.77. The highest BCUT2D eigenvalue weighted by atomic mass is 16.5. The van der Waals surface area contributed by atoms with Crippen LogP contribution in [-0.2, 0) is 4.74 Å². The summed E-state index contributed by atoms with van der Waals surface area (Å²) in [5, 5.41) is 3.22. The fourth-order valence-electron chi connectivity index (χ4n) is 0.679. The third-order valence-corrected chi connectivity index (χ3v) is 1.72. The highest BCUT2D eigenvalue weighted by Crippen LogP contribution is 1.95. The van der Waals surface area contributed by atoms with Crippen molar-refractivity contribution in [1.82, 2.24) is 5.32 Å². The van der Waals surface area contributed by atoms with E-state index in [2.05, 4.69) is 19.2 Å². The van der Waals surface area contributed by atoms with Gasteiger partial charge in [0.2, 0.25) is 0 Å². The molecule has 11 heavy (non-hydrogen) atoms. The fraction of sp³-hybridized carbons (Fsp3) is 1.00. The van der Waals surface area contributed by atoms with E-state index in [1.807, 2.05) is 0 Å². The van der Waals surface area contributed by atoms with Gasteiger partial charge in [0.1, 0.15) is 0 Å². The molecule has 0 amide bonds. The summed E-state index contributed by atoms with van der Waals surface area (Å²) in [7, 11) is 1.70. The van der Waals surface area contributed by atoms with E-state index < -0.39 is 0 Å². The lowest BCUT2D eigenvalue weighted by Crippen LogP contribution is -2.38. The molecule has 0 heterocycles. The SMILES string of the molecule is COCCNCC(N)C(C)C. The monoisotopic (exact) mass is 160 g/mol. The van der Waals surface area contributed by atoms with E-state index >= 15 is 0 Å². The molecule has 3 N–H and O–H groups in total. The van der Waals surface area contributed by atoms with Gasteiger partial charge in [-0.25, -0.2) is 0 Å². The molecule has 0 aromatic heterocycles. The lowest BCUT2D eigenvalue weighted by Gasteiger charge is -2.15. The molecule has 0 saturated carbocycles. The van der Waals surface area contributed by atoms with E-state index in [1.165, 1.54) is 0 Å². The first-order valence-corrected chi connectivity index (χ1v) is 4.13. The Kier molecular flexibility index (Phi) is 6.51. The average Bonchev–Trinajstić information content (AvgIpc) is 1.97. The normalized spacial score (nSPS) is 13.9. The van der Waals surface area contributed by atoms with E-state index in [9.17, 15) is 0 Å². The van der Waals surface area contributed by atoms with Crippen molar-refractivity contribution in [3.8, 4) is 0 Å². The van der Waals surface area contributed by atoms with E-state index in [-0.39, 0.29) is 6.04 Å². The highest BCUT2D eigenvalue weighted by molar-refractivity contribution is 4.67. The van der Waals surface area contributed by atoms with Crippen LogP contribution in [-0.4, -0.2) is 32.8 Å². The standard InChI is InChI=1S/C8H20N2O/c1-7(2)8(9)6-10-4-5-11-3/h7-8,10H,4-6,9H2,1-3H3. The van der Waals surface area contributed by atoms with Crippen molar-refractivity contribution >= 4 is 0 Å². The molecule has 68 valence electrons. The average molecular weight is 160 g/mol. The zero-order valence-electron chi connectivity index (χ0n) is 7.76. The molecule has 3 heteroatoms. The van der Waals surface area contributed by atoms with Gasteiger partial charge in [0, 0.05) is 26.2 Å². The van der Waals surface area contributed by atoms with Crippen LogP contribution in [0.4, 0.5) is 0 Å². The number of nitrogens with two attached hydrogens (primary N) is 1. The summed E-state index contributed by atoms with van der Waals surface area (Å²) < 4.78 is 4.88. The summed E-state index contributed by atoms with van der Waals surface area (Å²) >= 11 is 0. The van der Waals surface area contributed by atoms with Gasteiger partial charge in [-0.2, -0.15) is 0 Å². The first-order valence-electron chi connectivity index (χ1n) is 4.13. The van der Waals surface area contributed by atoms with Gasteiger partial charge >= 0.3 is 0 Å². The molecule has 3 nitrogen and oxygen atoms in total. The van der Waals surface area contributed by atoms with Crippen molar-refractivity contribution in [3.63, 3.8) is 0 Å². The van der Waals surface area contributed by atoms with Gasteiger partial charge in [0.05, 0.1) is 6.61 Å². The molecule has 0 fully saturated rings. The Bertz CT molecular complexity index is 86.2. The summed E-state index contributed by atoms with van der Waals surface area (Å²) in [6, 6.07) is 0.256. The molecule has 0 spiro atoms. The maximum Gasteiger partial charge on any atom is 0.0587 e. The highest BCUT2D eigenvalue weighted by Gasteiger charge is 2.05. The number of nitrogens with one attached hydrogen (secondary N) is 1. The molecule has 0 bridgehead atoms. The predicted octanol–water partition coefficient (Wildman–Crippen LogP) is 0.206. The van der Waals surface area contributed by atoms with Crippen LogP contribution in [0.25, 0.3) is 0 Å². The van der Waals surface area contributed by atoms with Crippen LogP contribution >= 0.6 is 0 Å². The van der Waals surface area contributed by atoms with Gasteiger partial charge in [-0.05, 0) is 5.92 Å². The van der Waals surface area contributed by atoms with Gasteiger partial charge in [0.15, 0.2) is 0 Å². The Morgan fingerprint density at radius 3 is 2.55 bits per heavy atom. The quantitative estimate of drug-likeness (QED) is 0.546. The van der Waals surface area contributed by atoms with Crippen LogP contribution in [0.1, 0.15) is 13.8 Å². The third-order valence-electron chi connectivity index (χ3n) is 1.72. The van der Waals surface area contributed by atoms with Crippen LogP contribution in [0.15, 0.2) is 0 Å². The predicted molar refractivity (Wildman–Crippen MR) is 47.6 cm³/mol. The minimum absolute atomic E-state index is 0.256. The number of ether oxygens (including phenoxy) is 1. The molecule has 0 aromatic carbocycles. The second-order valence-electron chi connectivity index (χ2n) is 3.10. The zero-order valence-corrected chi connectivity index (χ0v) is 7.76. The van der Waals surface area contributed by atoms with Crippen molar-refractivity contribution in [2.75, 3.05) is 26.8 Å². The Morgan fingerprint density at radius 1 is 1.45 bits per heavy atom. The van der Waals surface area contributed by atoms with Crippen LogP contribution in [0.3, 0.4) is 0 Å². The second-order valence-corrected chi connectivity index (χ2v) is 3.10. The molecular formula is C8H20N2O. The zero-order chi connectivity index (χ0) is 8.69. The number of hydrogen-bond acceptors (Lipinski definition) is 3. The van der Waals surface area contributed by atoms with E-state index in [0.29, 0.717) is 5.92 Å². The summed E-state index contributed by atoms with van der Waals surface area (Å²) in [6.07, 6.45) is 0. The lowest BCUT2D eigenvalue weighted by atomic mass is 10.1. The number of rotatable bonds is 6. The lowest BCUT2D eigenvalue weighted by molar-refractivity contribution is 0.198. The van der Waals surface area contributed by atoms with Crippen LogP contribution < -0.4 is 11.1 Å². The maximum atomic E-state index is 5.80. The van der Waals surface area contributed by atoms with Gasteiger partial charge in [0.25, 0.3) is 0 Å². The number of methoxy groups -OCH3 is 1. The minimum atomic E-state index is 0.256. The first kappa shape index (κ1) is 10.9. The van der Waals surface area contributed by atoms with Crippen LogP contribution in [0.2, 0.25) is 0 Å². The maximum absolute atomic E-state index is 5.80. The fourth-order valence-corrected chi connectivity index (χ4v) is 0.679. The first-order chi connectivity index (χ1) is 5.18. The van der Waals surface area contributed by atoms with Crippen molar-refractivity contribution in [2.24, 2.45) is 11.7 Å². The Morgan fingerprint density at radius 2 is 2.09 bits per heavy atom. The molecule has 0 radical (unpaired) electrons. The Labute approximate surface area is 69.3 Å². The van der Waals surface area contributed by atoms with Gasteiger partial charge in [-0.3, -0.25) is 0 Å². The molecule has 0 aliphatic heterocycles. The van der Waals surface area contributed by atoms with Gasteiger partial charge in [-0.15, -0.1) is 0 Å². The smallest absolute Gasteiger partial charge is 0.0587 e. The third kappa shape index (κ3) is 6.28. The Balaban J connectivity index is 3.10. The molecular weight excluding hydrogens is 140 g/mol. The summed E-state index contributed by atoms with van der Waals surface area (Å²) in [5.74, 6) is 0.546. The molecule has 0 aromatic rings. The molecule has 0 rings (SSSR count). The van der Waals surface area contributed by atoms with Crippen molar-refractivity contribution in [2.45, 2.75) is 19.9 Å². The van der Waals surface area contributed by atoms with E-state index in [1.54, 1.807) is 7.11 Å².